The molecule has 16 heavy (non-hydrogen) atoms. The lowest BCUT2D eigenvalue weighted by Crippen LogP contribution is -2.40. The van der Waals surface area contributed by atoms with Gasteiger partial charge in [-0.2, -0.15) is 0 Å². The maximum atomic E-state index is 5.81. The molecule has 3 nitrogen and oxygen atoms in total. The Morgan fingerprint density at radius 2 is 1.94 bits per heavy atom. The van der Waals surface area contributed by atoms with Crippen LogP contribution in [-0.4, -0.2) is 38.0 Å². The number of rotatable bonds is 4. The molecule has 1 N–H and O–H groups in total. The lowest BCUT2D eigenvalue weighted by molar-refractivity contribution is 0.0410. The van der Waals surface area contributed by atoms with Crippen molar-refractivity contribution in [1.29, 1.82) is 0 Å². The van der Waals surface area contributed by atoms with E-state index in [9.17, 15) is 0 Å². The van der Waals surface area contributed by atoms with Gasteiger partial charge in [0.05, 0.1) is 12.2 Å². The first-order valence-electron chi connectivity index (χ1n) is 6.72. The summed E-state index contributed by atoms with van der Waals surface area (Å²) in [4.78, 5) is 0. The average Bonchev–Trinajstić information content (AvgIpc) is 2.73. The molecule has 94 valence electrons. The van der Waals surface area contributed by atoms with E-state index in [0.29, 0.717) is 18.2 Å². The molecule has 0 bridgehead atoms. The monoisotopic (exact) mass is 227 g/mol. The summed E-state index contributed by atoms with van der Waals surface area (Å²) in [5, 5.41) is 3.63. The number of ether oxygens (including phenoxy) is 2. The Bertz CT molecular complexity index is 204. The number of hydrogen-bond acceptors (Lipinski definition) is 3. The summed E-state index contributed by atoms with van der Waals surface area (Å²) < 4.78 is 11.2. The second-order valence-electron chi connectivity index (χ2n) is 5.29. The van der Waals surface area contributed by atoms with Gasteiger partial charge in [-0.25, -0.2) is 0 Å². The van der Waals surface area contributed by atoms with Crippen molar-refractivity contribution < 1.29 is 9.47 Å². The molecule has 0 aliphatic carbocycles. The zero-order valence-corrected chi connectivity index (χ0v) is 10.6. The van der Waals surface area contributed by atoms with E-state index in [1.54, 1.807) is 0 Å². The third kappa shape index (κ3) is 3.44. The van der Waals surface area contributed by atoms with E-state index in [4.69, 9.17) is 9.47 Å². The molecule has 2 aliphatic heterocycles. The zero-order chi connectivity index (χ0) is 11.4. The van der Waals surface area contributed by atoms with Gasteiger partial charge in [-0.05, 0) is 45.4 Å². The predicted octanol–water partition coefficient (Wildman–Crippen LogP) is 1.96. The van der Waals surface area contributed by atoms with Crippen molar-refractivity contribution in [2.45, 2.75) is 57.8 Å². The smallest absolute Gasteiger partial charge is 0.0704 e. The van der Waals surface area contributed by atoms with Gasteiger partial charge in [0.25, 0.3) is 0 Å². The molecule has 2 aliphatic rings. The van der Waals surface area contributed by atoms with Gasteiger partial charge in [0, 0.05) is 25.8 Å². The molecule has 0 amide bonds. The zero-order valence-electron chi connectivity index (χ0n) is 10.6. The molecule has 2 saturated heterocycles. The normalized spacial score (nSPS) is 34.1. The molecule has 3 atom stereocenters. The molecule has 0 aromatic rings. The summed E-state index contributed by atoms with van der Waals surface area (Å²) in [6.45, 7) is 7.36. The number of hydrogen-bond donors (Lipinski definition) is 1. The summed E-state index contributed by atoms with van der Waals surface area (Å²) in [6.07, 6.45) is 5.75. The van der Waals surface area contributed by atoms with Gasteiger partial charge in [-0.3, -0.25) is 0 Å². The van der Waals surface area contributed by atoms with Crippen LogP contribution in [0.25, 0.3) is 0 Å². The van der Waals surface area contributed by atoms with Crippen molar-refractivity contribution in [1.82, 2.24) is 5.32 Å². The van der Waals surface area contributed by atoms with Crippen LogP contribution in [0.2, 0.25) is 0 Å². The van der Waals surface area contributed by atoms with E-state index in [2.05, 4.69) is 19.2 Å². The van der Waals surface area contributed by atoms with Gasteiger partial charge < -0.3 is 14.8 Å². The first kappa shape index (κ1) is 12.3. The van der Waals surface area contributed by atoms with Crippen molar-refractivity contribution in [2.75, 3.05) is 19.8 Å². The molecule has 0 aromatic carbocycles. The summed E-state index contributed by atoms with van der Waals surface area (Å²) in [5.74, 6) is 0.785. The van der Waals surface area contributed by atoms with Crippen LogP contribution in [-0.2, 0) is 9.47 Å². The Labute approximate surface area is 98.9 Å². The lowest BCUT2D eigenvalue weighted by atomic mass is 9.93. The van der Waals surface area contributed by atoms with Gasteiger partial charge in [-0.15, -0.1) is 0 Å². The number of nitrogens with one attached hydrogen (secondary N) is 1. The molecule has 2 rings (SSSR count). The predicted molar refractivity (Wildman–Crippen MR) is 64.6 cm³/mol. The highest BCUT2D eigenvalue weighted by atomic mass is 16.5. The van der Waals surface area contributed by atoms with Crippen LogP contribution in [0, 0.1) is 5.92 Å². The Balaban J connectivity index is 1.64. The van der Waals surface area contributed by atoms with Gasteiger partial charge in [-0.1, -0.05) is 0 Å². The average molecular weight is 227 g/mol. The van der Waals surface area contributed by atoms with Gasteiger partial charge in [0.2, 0.25) is 0 Å². The van der Waals surface area contributed by atoms with E-state index < -0.39 is 0 Å². The van der Waals surface area contributed by atoms with Crippen LogP contribution < -0.4 is 5.32 Å². The summed E-state index contributed by atoms with van der Waals surface area (Å²) >= 11 is 0. The fourth-order valence-electron chi connectivity index (χ4n) is 2.74. The van der Waals surface area contributed by atoms with E-state index >= 15 is 0 Å². The van der Waals surface area contributed by atoms with Crippen LogP contribution >= 0.6 is 0 Å². The highest BCUT2D eigenvalue weighted by Gasteiger charge is 2.24. The summed E-state index contributed by atoms with van der Waals surface area (Å²) in [6, 6.07) is 0.600. The maximum absolute atomic E-state index is 5.81. The fourth-order valence-corrected chi connectivity index (χ4v) is 2.74. The Morgan fingerprint density at radius 1 is 1.19 bits per heavy atom. The minimum Gasteiger partial charge on any atom is -0.381 e. The van der Waals surface area contributed by atoms with E-state index in [1.807, 2.05) is 0 Å². The third-order valence-electron chi connectivity index (χ3n) is 3.96. The molecule has 3 unspecified atom stereocenters. The molecule has 2 fully saturated rings. The van der Waals surface area contributed by atoms with E-state index in [0.717, 1.165) is 25.7 Å². The molecular weight excluding hydrogens is 202 g/mol. The SMILES string of the molecule is CC1CCC(CNC(C)C2CCOCC2)O1. The van der Waals surface area contributed by atoms with Gasteiger partial charge in [0.1, 0.15) is 0 Å². The first-order chi connectivity index (χ1) is 7.75. The first-order valence-corrected chi connectivity index (χ1v) is 6.72. The highest BCUT2D eigenvalue weighted by Crippen LogP contribution is 2.21. The third-order valence-corrected chi connectivity index (χ3v) is 3.96. The standard InChI is InChI=1S/C13H25NO2/c1-10-3-4-13(16-10)9-14-11(2)12-5-7-15-8-6-12/h10-14H,3-9H2,1-2H3. The molecule has 2 heterocycles. The Kier molecular flexibility index (Phi) is 4.62. The van der Waals surface area contributed by atoms with Crippen molar-refractivity contribution in [3.05, 3.63) is 0 Å². The van der Waals surface area contributed by atoms with Crippen LogP contribution in [0.4, 0.5) is 0 Å². The van der Waals surface area contributed by atoms with Crippen LogP contribution in [0.5, 0.6) is 0 Å². The van der Waals surface area contributed by atoms with E-state index in [-0.39, 0.29) is 0 Å². The van der Waals surface area contributed by atoms with Crippen LogP contribution in [0.1, 0.15) is 39.5 Å². The van der Waals surface area contributed by atoms with Crippen molar-refractivity contribution in [3.8, 4) is 0 Å². The second kappa shape index (κ2) is 5.99. The topological polar surface area (TPSA) is 30.5 Å². The quantitative estimate of drug-likeness (QED) is 0.796. The molecule has 0 radical (unpaired) electrons. The van der Waals surface area contributed by atoms with E-state index in [1.165, 1.54) is 25.7 Å². The minimum atomic E-state index is 0.442. The van der Waals surface area contributed by atoms with Crippen molar-refractivity contribution >= 4 is 0 Å². The fraction of sp³-hybridized carbons (Fsp3) is 1.00. The molecule has 0 spiro atoms. The van der Waals surface area contributed by atoms with Crippen molar-refractivity contribution in [3.63, 3.8) is 0 Å². The minimum absolute atomic E-state index is 0.442. The van der Waals surface area contributed by atoms with Crippen LogP contribution in [0.15, 0.2) is 0 Å². The Hall–Kier alpha value is -0.120. The summed E-state index contributed by atoms with van der Waals surface area (Å²) in [7, 11) is 0. The molecule has 0 saturated carbocycles. The van der Waals surface area contributed by atoms with Gasteiger partial charge >= 0.3 is 0 Å². The second-order valence-corrected chi connectivity index (χ2v) is 5.29. The molecular formula is C13H25NO2. The highest BCUT2D eigenvalue weighted by molar-refractivity contribution is 4.78. The van der Waals surface area contributed by atoms with Gasteiger partial charge in [0.15, 0.2) is 0 Å². The molecule has 3 heteroatoms. The lowest BCUT2D eigenvalue weighted by Gasteiger charge is -2.29. The van der Waals surface area contributed by atoms with Crippen LogP contribution in [0.3, 0.4) is 0 Å². The maximum Gasteiger partial charge on any atom is 0.0704 e. The Morgan fingerprint density at radius 3 is 2.56 bits per heavy atom. The molecule has 0 aromatic heterocycles. The largest absolute Gasteiger partial charge is 0.381 e. The van der Waals surface area contributed by atoms with Crippen molar-refractivity contribution in [2.24, 2.45) is 5.92 Å². The summed E-state index contributed by atoms with van der Waals surface area (Å²) in [5.41, 5.74) is 0.